The average molecular weight is 594 g/mol. The summed E-state index contributed by atoms with van der Waals surface area (Å²) in [5.74, 6) is -0.0787. The van der Waals surface area contributed by atoms with Crippen LogP contribution in [-0.4, -0.2) is 47.0 Å². The summed E-state index contributed by atoms with van der Waals surface area (Å²) in [5.41, 5.74) is 3.00. The summed E-state index contributed by atoms with van der Waals surface area (Å²) in [7, 11) is 0. The number of alkyl carbamates (subject to hydrolysis) is 1. The fourth-order valence-electron chi connectivity index (χ4n) is 5.23. The highest BCUT2D eigenvalue weighted by molar-refractivity contribution is 5.92. The summed E-state index contributed by atoms with van der Waals surface area (Å²) < 4.78 is 5.58. The van der Waals surface area contributed by atoms with Crippen molar-refractivity contribution in [2.45, 2.75) is 125 Å². The summed E-state index contributed by atoms with van der Waals surface area (Å²) in [5, 5.41) is 6.00. The van der Waals surface area contributed by atoms with Crippen molar-refractivity contribution in [1.82, 2.24) is 15.5 Å². The largest absolute Gasteiger partial charge is 0.444 e. The first-order chi connectivity index (χ1) is 20.2. The van der Waals surface area contributed by atoms with Gasteiger partial charge in [0.1, 0.15) is 17.7 Å². The summed E-state index contributed by atoms with van der Waals surface area (Å²) in [6, 6.07) is 13.6. The third-order valence-electron chi connectivity index (χ3n) is 7.49. The van der Waals surface area contributed by atoms with Gasteiger partial charge in [0.05, 0.1) is 0 Å². The molecular weight excluding hydrogens is 538 g/mol. The van der Waals surface area contributed by atoms with Crippen LogP contribution in [0.4, 0.5) is 4.79 Å². The van der Waals surface area contributed by atoms with E-state index in [0.717, 1.165) is 54.4 Å². The van der Waals surface area contributed by atoms with Crippen molar-refractivity contribution in [3.05, 3.63) is 70.8 Å². The van der Waals surface area contributed by atoms with Crippen molar-refractivity contribution in [2.75, 3.05) is 6.54 Å². The van der Waals surface area contributed by atoms with Gasteiger partial charge >= 0.3 is 6.09 Å². The number of nitrogens with one attached hydrogen (secondary N) is 2. The van der Waals surface area contributed by atoms with Crippen LogP contribution in [0.3, 0.4) is 0 Å². The molecule has 0 aliphatic carbocycles. The number of carbonyl (C=O) groups excluding carboxylic acids is 3. The Morgan fingerprint density at radius 2 is 1.60 bits per heavy atom. The molecule has 43 heavy (non-hydrogen) atoms. The maximum absolute atomic E-state index is 14.8. The molecule has 7 heteroatoms. The van der Waals surface area contributed by atoms with E-state index >= 15 is 0 Å². The third-order valence-corrected chi connectivity index (χ3v) is 7.49. The molecule has 0 fully saturated rings. The molecule has 3 amide bonds. The summed E-state index contributed by atoms with van der Waals surface area (Å²) in [6.45, 7) is 18.4. The molecule has 2 N–H and O–H groups in total. The Bertz CT molecular complexity index is 1170. The average Bonchev–Trinajstić information content (AvgIpc) is 2.92. The van der Waals surface area contributed by atoms with E-state index in [4.69, 9.17) is 4.74 Å². The van der Waals surface area contributed by atoms with Gasteiger partial charge in [-0.25, -0.2) is 4.79 Å². The minimum Gasteiger partial charge on any atom is -0.444 e. The number of amides is 3. The highest BCUT2D eigenvalue weighted by atomic mass is 16.6. The van der Waals surface area contributed by atoms with E-state index < -0.39 is 23.8 Å². The lowest BCUT2D eigenvalue weighted by molar-refractivity contribution is -0.145. The van der Waals surface area contributed by atoms with E-state index in [1.165, 1.54) is 0 Å². The lowest BCUT2D eigenvalue weighted by Crippen LogP contribution is -2.56. The molecule has 238 valence electrons. The number of nitrogens with zero attached hydrogens (tertiary/aromatic N) is 1. The quantitative estimate of drug-likeness (QED) is 0.210. The molecule has 0 aliphatic rings. The van der Waals surface area contributed by atoms with Gasteiger partial charge in [-0.3, -0.25) is 9.59 Å². The number of aryl methyl sites for hydroxylation is 2. The summed E-state index contributed by atoms with van der Waals surface area (Å²) in [4.78, 5) is 43.7. The van der Waals surface area contributed by atoms with Crippen molar-refractivity contribution in [1.29, 1.82) is 0 Å². The molecule has 0 saturated carbocycles. The normalized spacial score (nSPS) is 13.6. The van der Waals surface area contributed by atoms with Crippen molar-refractivity contribution in [3.8, 4) is 0 Å². The standard InChI is InChI=1S/C36H55N3O4/c1-10-11-15-22-37-33(40)32(30-21-19-26(4)23-27(30)5)39(28(6)20-18-25(2)3)34(41)31(24-29-16-13-12-14-17-29)38-35(42)43-36(7,8)9/h12-14,16-17,19,21,23,25,28,31-32H,10-11,15,18,20,22,24H2,1-9H3,(H,37,40)(H,38,42). The number of rotatable bonds is 15. The van der Waals surface area contributed by atoms with Gasteiger partial charge in [0.2, 0.25) is 11.8 Å². The fraction of sp³-hybridized carbons (Fsp3) is 0.583. The van der Waals surface area contributed by atoms with Gasteiger partial charge in [0.25, 0.3) is 0 Å². The number of hydrogen-bond donors (Lipinski definition) is 2. The predicted octanol–water partition coefficient (Wildman–Crippen LogP) is 7.44. The Morgan fingerprint density at radius 1 is 0.930 bits per heavy atom. The topological polar surface area (TPSA) is 87.7 Å². The van der Waals surface area contributed by atoms with Crippen LogP contribution < -0.4 is 10.6 Å². The smallest absolute Gasteiger partial charge is 0.408 e. The number of unbranched alkanes of at least 4 members (excludes halogenated alkanes) is 2. The van der Waals surface area contributed by atoms with Crippen LogP contribution in [0.1, 0.15) is 109 Å². The van der Waals surface area contributed by atoms with Gasteiger partial charge in [-0.05, 0) is 83.4 Å². The molecular formula is C36H55N3O4. The number of ether oxygens (including phenoxy) is 1. The van der Waals surface area contributed by atoms with Crippen LogP contribution in [0.2, 0.25) is 0 Å². The molecule has 3 atom stereocenters. The van der Waals surface area contributed by atoms with E-state index in [2.05, 4.69) is 37.5 Å². The molecule has 0 radical (unpaired) electrons. The first-order valence-corrected chi connectivity index (χ1v) is 15.9. The third kappa shape index (κ3) is 12.0. The molecule has 2 aromatic carbocycles. The molecule has 0 bridgehead atoms. The van der Waals surface area contributed by atoms with Crippen LogP contribution in [0.25, 0.3) is 0 Å². The highest BCUT2D eigenvalue weighted by Gasteiger charge is 2.39. The Balaban J connectivity index is 2.64. The van der Waals surface area contributed by atoms with Crippen molar-refractivity contribution >= 4 is 17.9 Å². The van der Waals surface area contributed by atoms with Gasteiger partial charge in [-0.15, -0.1) is 0 Å². The Hall–Kier alpha value is -3.35. The molecule has 7 nitrogen and oxygen atoms in total. The second-order valence-electron chi connectivity index (χ2n) is 13.2. The molecule has 0 heterocycles. The number of carbonyl (C=O) groups is 3. The van der Waals surface area contributed by atoms with Crippen molar-refractivity contribution in [3.63, 3.8) is 0 Å². The van der Waals surface area contributed by atoms with Gasteiger partial charge < -0.3 is 20.3 Å². The van der Waals surface area contributed by atoms with E-state index in [1.54, 1.807) is 25.7 Å². The van der Waals surface area contributed by atoms with Gasteiger partial charge in [-0.2, -0.15) is 0 Å². The SMILES string of the molecule is CCCCCNC(=O)C(c1ccc(C)cc1C)N(C(=O)C(Cc1ccccc1)NC(=O)OC(C)(C)C)C(C)CCC(C)C. The van der Waals surface area contributed by atoms with E-state index in [0.29, 0.717) is 12.5 Å². The van der Waals surface area contributed by atoms with Crippen LogP contribution >= 0.6 is 0 Å². The Kier molecular flexibility index (Phi) is 14.2. The first-order valence-electron chi connectivity index (χ1n) is 15.9. The number of hydrogen-bond acceptors (Lipinski definition) is 4. The molecule has 3 unspecified atom stereocenters. The maximum atomic E-state index is 14.8. The lowest BCUT2D eigenvalue weighted by atomic mass is 9.93. The van der Waals surface area contributed by atoms with Crippen LogP contribution in [0.15, 0.2) is 48.5 Å². The van der Waals surface area contributed by atoms with Gasteiger partial charge in [-0.1, -0.05) is 87.7 Å². The second kappa shape index (κ2) is 17.1. The molecule has 0 aliphatic heterocycles. The van der Waals surface area contributed by atoms with Crippen molar-refractivity contribution in [2.24, 2.45) is 5.92 Å². The molecule has 2 rings (SSSR count). The summed E-state index contributed by atoms with van der Waals surface area (Å²) >= 11 is 0. The minimum atomic E-state index is -0.931. The molecule has 0 saturated heterocycles. The Morgan fingerprint density at radius 3 is 2.19 bits per heavy atom. The van der Waals surface area contributed by atoms with Crippen molar-refractivity contribution < 1.29 is 19.1 Å². The second-order valence-corrected chi connectivity index (χ2v) is 13.2. The summed E-state index contributed by atoms with van der Waals surface area (Å²) in [6.07, 6.45) is 4.15. The van der Waals surface area contributed by atoms with E-state index in [-0.39, 0.29) is 24.3 Å². The van der Waals surface area contributed by atoms with Crippen LogP contribution in [0.5, 0.6) is 0 Å². The lowest BCUT2D eigenvalue weighted by Gasteiger charge is -2.39. The maximum Gasteiger partial charge on any atom is 0.408 e. The van der Waals surface area contributed by atoms with Crippen LogP contribution in [0, 0.1) is 19.8 Å². The van der Waals surface area contributed by atoms with E-state index in [1.807, 2.05) is 63.2 Å². The van der Waals surface area contributed by atoms with Crippen LogP contribution in [-0.2, 0) is 20.7 Å². The number of benzene rings is 2. The molecule has 2 aromatic rings. The monoisotopic (exact) mass is 593 g/mol. The zero-order valence-electron chi connectivity index (χ0n) is 28.0. The molecule has 0 spiro atoms. The van der Waals surface area contributed by atoms with Gasteiger partial charge in [0.15, 0.2) is 0 Å². The van der Waals surface area contributed by atoms with Gasteiger partial charge in [0, 0.05) is 19.0 Å². The van der Waals surface area contributed by atoms with E-state index in [9.17, 15) is 14.4 Å². The first kappa shape index (κ1) is 35.8. The fourth-order valence-corrected chi connectivity index (χ4v) is 5.23. The molecule has 0 aromatic heterocycles. The predicted molar refractivity (Wildman–Crippen MR) is 175 cm³/mol. The zero-order chi connectivity index (χ0) is 32.2. The zero-order valence-corrected chi connectivity index (χ0v) is 28.0. The Labute approximate surface area is 260 Å². The highest BCUT2D eigenvalue weighted by Crippen LogP contribution is 2.30. The minimum absolute atomic E-state index is 0.205.